The first-order chi connectivity index (χ1) is 7.67. The Hall–Kier alpha value is -0.490. The predicted octanol–water partition coefficient (Wildman–Crippen LogP) is 1.72. The molecule has 1 heterocycles. The van der Waals surface area contributed by atoms with Crippen LogP contribution in [0.5, 0.6) is 0 Å². The van der Waals surface area contributed by atoms with Crippen LogP contribution in [0.15, 0.2) is 5.38 Å². The number of aromatic nitrogens is 1. The Labute approximate surface area is 101 Å². The monoisotopic (exact) mass is 244 g/mol. The topological polar surface area (TPSA) is 57.4 Å². The molecular weight excluding hydrogens is 224 g/mol. The molecular formula is C11H20N2O2S. The minimum absolute atomic E-state index is 0.162. The number of nitrogens with two attached hydrogens (primary N) is 1. The minimum Gasteiger partial charge on any atom is -0.351 e. The van der Waals surface area contributed by atoms with E-state index < -0.39 is 0 Å². The summed E-state index contributed by atoms with van der Waals surface area (Å²) >= 11 is 1.63. The van der Waals surface area contributed by atoms with Crippen molar-refractivity contribution in [2.45, 2.75) is 39.5 Å². The first-order valence-corrected chi connectivity index (χ1v) is 6.45. The number of nitrogens with zero attached hydrogens (tertiary/aromatic N) is 1. The summed E-state index contributed by atoms with van der Waals surface area (Å²) in [5.41, 5.74) is 7.09. The molecule has 1 aromatic rings. The number of hydrogen-bond donors (Lipinski definition) is 1. The van der Waals surface area contributed by atoms with E-state index in [0.717, 1.165) is 10.7 Å². The molecule has 0 radical (unpaired) electrons. The van der Waals surface area contributed by atoms with E-state index >= 15 is 0 Å². The van der Waals surface area contributed by atoms with Gasteiger partial charge in [0.1, 0.15) is 0 Å². The van der Waals surface area contributed by atoms with Gasteiger partial charge in [0.15, 0.2) is 6.29 Å². The maximum absolute atomic E-state index is 6.05. The minimum atomic E-state index is -0.334. The van der Waals surface area contributed by atoms with Crippen LogP contribution >= 0.6 is 11.3 Å². The third-order valence-corrected chi connectivity index (χ3v) is 3.08. The fourth-order valence-electron chi connectivity index (χ4n) is 1.42. The second-order valence-electron chi connectivity index (χ2n) is 3.53. The van der Waals surface area contributed by atoms with Crippen LogP contribution in [0.2, 0.25) is 0 Å². The normalized spacial score (nSPS) is 13.3. The molecule has 5 heteroatoms. The van der Waals surface area contributed by atoms with Crippen molar-refractivity contribution in [2.24, 2.45) is 5.73 Å². The Morgan fingerprint density at radius 1 is 1.38 bits per heavy atom. The van der Waals surface area contributed by atoms with E-state index in [4.69, 9.17) is 15.2 Å². The molecule has 0 aliphatic rings. The summed E-state index contributed by atoms with van der Waals surface area (Å²) in [4.78, 5) is 4.38. The zero-order valence-corrected chi connectivity index (χ0v) is 10.9. The molecule has 0 amide bonds. The van der Waals surface area contributed by atoms with Crippen molar-refractivity contribution in [3.05, 3.63) is 16.1 Å². The Morgan fingerprint density at radius 2 is 2.00 bits per heavy atom. The number of rotatable bonds is 7. The molecule has 0 aromatic carbocycles. The molecule has 1 unspecified atom stereocenters. The fraction of sp³-hybridized carbons (Fsp3) is 0.727. The van der Waals surface area contributed by atoms with Gasteiger partial charge in [0, 0.05) is 30.7 Å². The van der Waals surface area contributed by atoms with E-state index in [1.54, 1.807) is 11.3 Å². The molecule has 92 valence electrons. The second-order valence-corrected chi connectivity index (χ2v) is 4.47. The van der Waals surface area contributed by atoms with Crippen molar-refractivity contribution in [2.75, 3.05) is 13.2 Å². The van der Waals surface area contributed by atoms with E-state index in [2.05, 4.69) is 4.98 Å². The standard InChI is InChI=1S/C11H20N2O2S/c1-4-14-11(15-5-2)9(12)6-10-13-8(3)7-16-10/h7,9,11H,4-6,12H2,1-3H3. The Balaban J connectivity index is 2.50. The Bertz CT molecular complexity index is 298. The van der Waals surface area contributed by atoms with E-state index in [9.17, 15) is 0 Å². The van der Waals surface area contributed by atoms with Crippen molar-refractivity contribution in [3.63, 3.8) is 0 Å². The Kier molecular flexibility index (Phi) is 5.90. The molecule has 1 rings (SSSR count). The summed E-state index contributed by atoms with van der Waals surface area (Å²) in [6.07, 6.45) is 0.364. The number of thiazole rings is 1. The molecule has 0 aliphatic carbocycles. The van der Waals surface area contributed by atoms with Gasteiger partial charge in [0.2, 0.25) is 0 Å². The lowest BCUT2D eigenvalue weighted by molar-refractivity contribution is -0.148. The van der Waals surface area contributed by atoms with Gasteiger partial charge in [-0.3, -0.25) is 0 Å². The molecule has 1 aromatic heterocycles. The molecule has 0 bridgehead atoms. The Morgan fingerprint density at radius 3 is 2.44 bits per heavy atom. The van der Waals surface area contributed by atoms with Gasteiger partial charge in [-0.2, -0.15) is 0 Å². The predicted molar refractivity (Wildman–Crippen MR) is 65.6 cm³/mol. The first kappa shape index (κ1) is 13.6. The highest BCUT2D eigenvalue weighted by molar-refractivity contribution is 7.09. The molecule has 0 saturated heterocycles. The highest BCUT2D eigenvalue weighted by Crippen LogP contribution is 2.13. The van der Waals surface area contributed by atoms with Crippen LogP contribution < -0.4 is 5.73 Å². The van der Waals surface area contributed by atoms with Gasteiger partial charge >= 0.3 is 0 Å². The summed E-state index contributed by atoms with van der Waals surface area (Å²) in [6, 6.07) is -0.162. The van der Waals surface area contributed by atoms with E-state index in [0.29, 0.717) is 19.6 Å². The lowest BCUT2D eigenvalue weighted by Gasteiger charge is -2.22. The number of ether oxygens (including phenoxy) is 2. The van der Waals surface area contributed by atoms with Crippen molar-refractivity contribution >= 4 is 11.3 Å². The van der Waals surface area contributed by atoms with Crippen molar-refractivity contribution in [1.29, 1.82) is 0 Å². The highest BCUT2D eigenvalue weighted by Gasteiger charge is 2.19. The van der Waals surface area contributed by atoms with Gasteiger partial charge < -0.3 is 15.2 Å². The molecule has 2 N–H and O–H groups in total. The molecule has 4 nitrogen and oxygen atoms in total. The lowest BCUT2D eigenvalue weighted by Crippen LogP contribution is -2.40. The molecule has 0 fully saturated rings. The summed E-state index contributed by atoms with van der Waals surface area (Å²) in [5.74, 6) is 0. The van der Waals surface area contributed by atoms with Crippen LogP contribution in [0, 0.1) is 6.92 Å². The van der Waals surface area contributed by atoms with E-state index in [1.165, 1.54) is 0 Å². The van der Waals surface area contributed by atoms with Crippen LogP contribution in [0.4, 0.5) is 0 Å². The largest absolute Gasteiger partial charge is 0.351 e. The van der Waals surface area contributed by atoms with Crippen molar-refractivity contribution < 1.29 is 9.47 Å². The maximum Gasteiger partial charge on any atom is 0.172 e. The zero-order chi connectivity index (χ0) is 12.0. The summed E-state index contributed by atoms with van der Waals surface area (Å²) < 4.78 is 10.9. The molecule has 1 atom stereocenters. The number of aryl methyl sites for hydroxylation is 1. The van der Waals surface area contributed by atoms with Crippen LogP contribution in [0.3, 0.4) is 0 Å². The zero-order valence-electron chi connectivity index (χ0n) is 10.1. The quantitative estimate of drug-likeness (QED) is 0.742. The summed E-state index contributed by atoms with van der Waals surface area (Å²) in [6.45, 7) is 7.07. The van der Waals surface area contributed by atoms with Gasteiger partial charge in [0.05, 0.1) is 11.0 Å². The fourth-order valence-corrected chi connectivity index (χ4v) is 2.26. The van der Waals surface area contributed by atoms with Gasteiger partial charge in [-0.15, -0.1) is 11.3 Å². The van der Waals surface area contributed by atoms with E-state index in [1.807, 2.05) is 26.2 Å². The summed E-state index contributed by atoms with van der Waals surface area (Å²) in [5, 5.41) is 3.06. The third-order valence-electron chi connectivity index (χ3n) is 2.09. The van der Waals surface area contributed by atoms with Crippen LogP contribution in [-0.4, -0.2) is 30.5 Å². The first-order valence-electron chi connectivity index (χ1n) is 5.57. The SMILES string of the molecule is CCOC(OCC)C(N)Cc1nc(C)cs1. The van der Waals surface area contributed by atoms with E-state index in [-0.39, 0.29) is 12.3 Å². The van der Waals surface area contributed by atoms with Gasteiger partial charge in [-0.25, -0.2) is 4.98 Å². The van der Waals surface area contributed by atoms with Crippen LogP contribution in [0.25, 0.3) is 0 Å². The van der Waals surface area contributed by atoms with Gasteiger partial charge in [0.25, 0.3) is 0 Å². The molecule has 16 heavy (non-hydrogen) atoms. The smallest absolute Gasteiger partial charge is 0.172 e. The summed E-state index contributed by atoms with van der Waals surface area (Å²) in [7, 11) is 0. The number of hydrogen-bond acceptors (Lipinski definition) is 5. The second kappa shape index (κ2) is 6.96. The van der Waals surface area contributed by atoms with Gasteiger partial charge in [-0.1, -0.05) is 0 Å². The molecule has 0 spiro atoms. The van der Waals surface area contributed by atoms with Crippen LogP contribution in [-0.2, 0) is 15.9 Å². The average Bonchev–Trinajstić information content (AvgIpc) is 2.63. The van der Waals surface area contributed by atoms with Gasteiger partial charge in [-0.05, 0) is 20.8 Å². The maximum atomic E-state index is 6.05. The van der Waals surface area contributed by atoms with Crippen molar-refractivity contribution in [1.82, 2.24) is 4.98 Å². The molecule has 0 saturated carbocycles. The van der Waals surface area contributed by atoms with Crippen molar-refractivity contribution in [3.8, 4) is 0 Å². The lowest BCUT2D eigenvalue weighted by atomic mass is 10.2. The average molecular weight is 244 g/mol. The third kappa shape index (κ3) is 4.17. The molecule has 0 aliphatic heterocycles. The van der Waals surface area contributed by atoms with Crippen LogP contribution in [0.1, 0.15) is 24.5 Å². The highest BCUT2D eigenvalue weighted by atomic mass is 32.1.